The van der Waals surface area contributed by atoms with Crippen molar-refractivity contribution in [2.45, 2.75) is 31.8 Å². The lowest BCUT2D eigenvalue weighted by Gasteiger charge is -2.33. The molecule has 0 bridgehead atoms. The van der Waals surface area contributed by atoms with Gasteiger partial charge in [0.15, 0.2) is 5.11 Å². The molecule has 2 N–H and O–H groups in total. The fraction of sp³-hybridized carbons (Fsp3) is 0.258. The van der Waals surface area contributed by atoms with Gasteiger partial charge in [0.25, 0.3) is 0 Å². The number of nitrogens with zero attached hydrogens (tertiary/aromatic N) is 3. The molecule has 0 radical (unpaired) electrons. The summed E-state index contributed by atoms with van der Waals surface area (Å²) in [5.74, 6) is 0.755. The van der Waals surface area contributed by atoms with Gasteiger partial charge >= 0.3 is 5.97 Å². The highest BCUT2D eigenvalue weighted by Crippen LogP contribution is 2.45. The minimum Gasteiger partial charge on any atom is -0.478 e. The van der Waals surface area contributed by atoms with Gasteiger partial charge in [0.1, 0.15) is 17.6 Å². The molecule has 0 saturated carbocycles. The fourth-order valence-corrected chi connectivity index (χ4v) is 6.43. The highest BCUT2D eigenvalue weighted by molar-refractivity contribution is 7.80. The number of hydrogen-bond donors (Lipinski definition) is 2. The zero-order valence-electron chi connectivity index (χ0n) is 22.3. The van der Waals surface area contributed by atoms with Crippen LogP contribution in [0.25, 0.3) is 11.3 Å². The molecule has 4 aromatic rings. The van der Waals surface area contributed by atoms with Gasteiger partial charge in [0, 0.05) is 30.5 Å². The Hall–Kier alpha value is -3.59. The van der Waals surface area contributed by atoms with Crippen molar-refractivity contribution in [2.24, 2.45) is 5.92 Å². The normalized spacial score (nSPS) is 19.4. The van der Waals surface area contributed by atoms with E-state index < -0.39 is 12.0 Å². The van der Waals surface area contributed by atoms with Crippen molar-refractivity contribution < 1.29 is 14.3 Å². The van der Waals surface area contributed by atoms with E-state index in [4.69, 9.17) is 39.8 Å². The quantitative estimate of drug-likeness (QED) is 0.215. The molecule has 0 amide bonds. The van der Waals surface area contributed by atoms with E-state index in [2.05, 4.69) is 28.2 Å². The first-order valence-electron chi connectivity index (χ1n) is 13.5. The van der Waals surface area contributed by atoms with Crippen LogP contribution in [0.2, 0.25) is 10.0 Å². The Balaban J connectivity index is 1.39. The lowest BCUT2D eigenvalue weighted by Crippen LogP contribution is -2.33. The lowest BCUT2D eigenvalue weighted by atomic mass is 9.98. The average molecular weight is 608 g/mol. The lowest BCUT2D eigenvalue weighted by molar-refractivity contribution is 0.0697. The van der Waals surface area contributed by atoms with Crippen molar-refractivity contribution in [1.29, 1.82) is 0 Å². The van der Waals surface area contributed by atoms with Gasteiger partial charge < -0.3 is 24.6 Å². The van der Waals surface area contributed by atoms with Crippen LogP contribution in [0.5, 0.6) is 0 Å². The standard InChI is InChI=1S/C31H28Cl2N4O3S/c1-18-11-14-36(15-12-18)25-8-6-20(17-23(25)33)37-29(28(35-31(37)41)24-4-2-3-13-34-24)27-10-9-26(40-27)21-16-19(30(38)39)5-7-22(21)32/h2-10,13,16-18,28-29H,11-12,14-15H2,1H3,(H,35,41)(H,38,39)/t28-,29+/m0/s1. The number of rotatable bonds is 6. The van der Waals surface area contributed by atoms with Gasteiger partial charge in [-0.1, -0.05) is 36.2 Å². The number of hydrogen-bond acceptors (Lipinski definition) is 5. The summed E-state index contributed by atoms with van der Waals surface area (Å²) in [6, 6.07) is 19.3. The molecule has 6 rings (SSSR count). The minimum absolute atomic E-state index is 0.122. The highest BCUT2D eigenvalue weighted by Gasteiger charge is 2.43. The predicted molar refractivity (Wildman–Crippen MR) is 166 cm³/mol. The first-order valence-corrected chi connectivity index (χ1v) is 14.6. The van der Waals surface area contributed by atoms with Crippen LogP contribution in [0.3, 0.4) is 0 Å². The molecule has 210 valence electrons. The van der Waals surface area contributed by atoms with E-state index >= 15 is 0 Å². The molecule has 2 aromatic heterocycles. The summed E-state index contributed by atoms with van der Waals surface area (Å²) in [6.07, 6.45) is 4.04. The summed E-state index contributed by atoms with van der Waals surface area (Å²) >= 11 is 19.2. The number of nitrogens with one attached hydrogen (secondary N) is 1. The van der Waals surface area contributed by atoms with E-state index in [-0.39, 0.29) is 11.6 Å². The third kappa shape index (κ3) is 5.39. The van der Waals surface area contributed by atoms with Crippen LogP contribution in [0, 0.1) is 5.92 Å². The number of aromatic nitrogens is 1. The van der Waals surface area contributed by atoms with E-state index in [1.165, 1.54) is 12.1 Å². The third-order valence-corrected chi connectivity index (χ3v) is 8.78. The summed E-state index contributed by atoms with van der Waals surface area (Å²) in [6.45, 7) is 4.25. The van der Waals surface area contributed by atoms with Crippen LogP contribution in [-0.4, -0.2) is 34.3 Å². The number of aromatic carboxylic acids is 1. The zero-order chi connectivity index (χ0) is 28.7. The summed E-state index contributed by atoms with van der Waals surface area (Å²) in [5, 5.41) is 14.5. The van der Waals surface area contributed by atoms with Crippen LogP contribution in [0.1, 0.15) is 53.7 Å². The number of thiocarbonyl (C=S) groups is 1. The Labute approximate surface area is 253 Å². The van der Waals surface area contributed by atoms with Gasteiger partial charge in [0.2, 0.25) is 0 Å². The number of benzene rings is 2. The van der Waals surface area contributed by atoms with Crippen molar-refractivity contribution in [3.63, 3.8) is 0 Å². The number of pyridine rings is 1. The molecule has 2 fully saturated rings. The van der Waals surface area contributed by atoms with Crippen LogP contribution in [0.4, 0.5) is 11.4 Å². The second-order valence-electron chi connectivity index (χ2n) is 10.5. The Morgan fingerprint density at radius 2 is 1.85 bits per heavy atom. The molecular weight excluding hydrogens is 579 g/mol. The maximum atomic E-state index is 11.6. The molecule has 10 heteroatoms. The van der Waals surface area contributed by atoms with E-state index in [1.54, 1.807) is 18.3 Å². The van der Waals surface area contributed by atoms with Crippen molar-refractivity contribution >= 4 is 57.9 Å². The van der Waals surface area contributed by atoms with Crippen LogP contribution >= 0.6 is 35.4 Å². The van der Waals surface area contributed by atoms with E-state index in [1.807, 2.05) is 41.3 Å². The van der Waals surface area contributed by atoms with Crippen molar-refractivity contribution in [3.05, 3.63) is 100.0 Å². The topological polar surface area (TPSA) is 81.8 Å². The molecule has 0 aliphatic carbocycles. The van der Waals surface area contributed by atoms with Gasteiger partial charge in [-0.2, -0.15) is 0 Å². The molecule has 2 atom stereocenters. The number of piperidine rings is 1. The average Bonchev–Trinajstić information content (AvgIpc) is 3.59. The zero-order valence-corrected chi connectivity index (χ0v) is 24.6. The van der Waals surface area contributed by atoms with Gasteiger partial charge in [-0.25, -0.2) is 4.79 Å². The molecule has 0 unspecified atom stereocenters. The smallest absolute Gasteiger partial charge is 0.335 e. The van der Waals surface area contributed by atoms with Gasteiger partial charge in [-0.3, -0.25) is 4.98 Å². The Kier molecular flexibility index (Phi) is 7.64. The second kappa shape index (κ2) is 11.4. The second-order valence-corrected chi connectivity index (χ2v) is 11.7. The molecule has 4 heterocycles. The summed E-state index contributed by atoms with van der Waals surface area (Å²) in [4.78, 5) is 20.5. The van der Waals surface area contributed by atoms with Crippen molar-refractivity contribution in [3.8, 4) is 11.3 Å². The highest BCUT2D eigenvalue weighted by atomic mass is 35.5. The maximum Gasteiger partial charge on any atom is 0.335 e. The molecule has 2 saturated heterocycles. The fourth-order valence-electron chi connectivity index (χ4n) is 5.58. The molecule has 2 aromatic carbocycles. The first-order chi connectivity index (χ1) is 19.8. The summed E-state index contributed by atoms with van der Waals surface area (Å²) in [7, 11) is 0. The van der Waals surface area contributed by atoms with Gasteiger partial charge in [-0.15, -0.1) is 0 Å². The third-order valence-electron chi connectivity index (χ3n) is 7.83. The van der Waals surface area contributed by atoms with Crippen LogP contribution < -0.4 is 15.1 Å². The molecule has 2 aliphatic heterocycles. The summed E-state index contributed by atoms with van der Waals surface area (Å²) in [5.41, 5.74) is 3.27. The molecule has 0 spiro atoms. The molecular formula is C31H28Cl2N4O3S. The van der Waals surface area contributed by atoms with Crippen molar-refractivity contribution in [2.75, 3.05) is 22.9 Å². The number of halogens is 2. The summed E-state index contributed by atoms with van der Waals surface area (Å²) < 4.78 is 6.39. The van der Waals surface area contributed by atoms with Crippen LogP contribution in [-0.2, 0) is 0 Å². The van der Waals surface area contributed by atoms with Gasteiger partial charge in [0.05, 0.1) is 33.0 Å². The monoisotopic (exact) mass is 606 g/mol. The van der Waals surface area contributed by atoms with Crippen LogP contribution in [0.15, 0.2) is 77.3 Å². The number of anilines is 2. The number of furan rings is 1. The first kappa shape index (κ1) is 27.6. The minimum atomic E-state index is -1.04. The maximum absolute atomic E-state index is 11.6. The molecule has 41 heavy (non-hydrogen) atoms. The Morgan fingerprint density at radius 3 is 2.56 bits per heavy atom. The van der Waals surface area contributed by atoms with Crippen molar-refractivity contribution in [1.82, 2.24) is 10.3 Å². The van der Waals surface area contributed by atoms with E-state index in [9.17, 15) is 9.90 Å². The molecule has 7 nitrogen and oxygen atoms in total. The van der Waals surface area contributed by atoms with Gasteiger partial charge in [-0.05, 0) is 91.6 Å². The SMILES string of the molecule is CC1CCN(c2ccc(N3C(=S)N[C@@H](c4ccccn4)[C@H]3c3ccc(-c4cc(C(=O)O)ccc4Cl)o3)cc2Cl)CC1. The Bertz CT molecular complexity index is 1600. The molecule has 2 aliphatic rings. The largest absolute Gasteiger partial charge is 0.478 e. The number of carboxylic acids is 1. The number of carbonyl (C=O) groups is 1. The predicted octanol–water partition coefficient (Wildman–Crippen LogP) is 7.76. The van der Waals surface area contributed by atoms with E-state index in [0.29, 0.717) is 32.2 Å². The number of carboxylic acid groups (broad SMARTS) is 1. The van der Waals surface area contributed by atoms with E-state index in [0.717, 1.165) is 48.9 Å². The Morgan fingerprint density at radius 1 is 1.05 bits per heavy atom.